The van der Waals surface area contributed by atoms with Crippen LogP contribution >= 0.6 is 0 Å². The van der Waals surface area contributed by atoms with E-state index in [1.165, 1.54) is 12.2 Å². The first-order chi connectivity index (χ1) is 7.51. The molecule has 0 spiro atoms. The van der Waals surface area contributed by atoms with Gasteiger partial charge in [-0.3, -0.25) is 0 Å². The van der Waals surface area contributed by atoms with E-state index in [1.54, 1.807) is 6.08 Å². The lowest BCUT2D eigenvalue weighted by Crippen LogP contribution is -2.11. The zero-order valence-electron chi connectivity index (χ0n) is 9.77. The minimum absolute atomic E-state index is 0.141. The second-order valence-corrected chi connectivity index (χ2v) is 2.86. The number of rotatable bonds is 2. The quantitative estimate of drug-likeness (QED) is 0.671. The Morgan fingerprint density at radius 1 is 1.19 bits per heavy atom. The first-order valence-electron chi connectivity index (χ1n) is 5.34. The molecule has 1 aliphatic rings. The van der Waals surface area contributed by atoms with Crippen LogP contribution in [0.25, 0.3) is 0 Å². The molecule has 92 valence electrons. The molecule has 16 heavy (non-hydrogen) atoms. The summed E-state index contributed by atoms with van der Waals surface area (Å²) in [5, 5.41) is 0. The van der Waals surface area contributed by atoms with Crippen molar-refractivity contribution in [2.24, 2.45) is 0 Å². The summed E-state index contributed by atoms with van der Waals surface area (Å²) in [7, 11) is 0. The highest BCUT2D eigenvalue weighted by Gasteiger charge is 2.31. The maximum Gasteiger partial charge on any atom is 0.573 e. The molecule has 1 rings (SSSR count). The first kappa shape index (κ1) is 14.8. The molecule has 0 fully saturated rings. The molecule has 4 heteroatoms. The Hall–Kier alpha value is -1.19. The zero-order chi connectivity index (χ0) is 12.6. The van der Waals surface area contributed by atoms with E-state index in [9.17, 15) is 13.2 Å². The molecule has 0 saturated heterocycles. The third-order valence-electron chi connectivity index (χ3n) is 1.80. The van der Waals surface area contributed by atoms with Crippen LogP contribution in [-0.2, 0) is 4.74 Å². The summed E-state index contributed by atoms with van der Waals surface area (Å²) in [6.07, 6.45) is 2.95. The Kier molecular flexibility index (Phi) is 6.61. The van der Waals surface area contributed by atoms with Gasteiger partial charge in [0.05, 0.1) is 0 Å². The molecule has 0 N–H and O–H groups in total. The van der Waals surface area contributed by atoms with Crippen LogP contribution in [0.1, 0.15) is 33.6 Å². The van der Waals surface area contributed by atoms with E-state index in [1.807, 2.05) is 26.8 Å². The molecule has 1 nitrogen and oxygen atoms in total. The summed E-state index contributed by atoms with van der Waals surface area (Å²) in [5.74, 6) is -0.141. The fraction of sp³-hybridized carbons (Fsp3) is 0.500. The fourth-order valence-corrected chi connectivity index (χ4v) is 1.12. The highest BCUT2D eigenvalue weighted by molar-refractivity contribution is 5.29. The van der Waals surface area contributed by atoms with Crippen molar-refractivity contribution in [1.29, 1.82) is 0 Å². The average molecular weight is 234 g/mol. The van der Waals surface area contributed by atoms with Gasteiger partial charge in [0.2, 0.25) is 0 Å². The second kappa shape index (κ2) is 7.14. The molecule has 1 aliphatic carbocycles. The van der Waals surface area contributed by atoms with Crippen molar-refractivity contribution in [1.82, 2.24) is 0 Å². The molecule has 0 bridgehead atoms. The Labute approximate surface area is 94.3 Å². The van der Waals surface area contributed by atoms with E-state index in [2.05, 4.69) is 4.74 Å². The van der Waals surface area contributed by atoms with Gasteiger partial charge in [-0.2, -0.15) is 0 Å². The topological polar surface area (TPSA) is 9.23 Å². The fourth-order valence-electron chi connectivity index (χ4n) is 1.12. The van der Waals surface area contributed by atoms with E-state index < -0.39 is 6.36 Å². The van der Waals surface area contributed by atoms with Crippen LogP contribution in [0.2, 0.25) is 0 Å². The second-order valence-electron chi connectivity index (χ2n) is 2.86. The van der Waals surface area contributed by atoms with Gasteiger partial charge >= 0.3 is 6.36 Å². The molecule has 0 saturated carbocycles. The Morgan fingerprint density at radius 2 is 1.81 bits per heavy atom. The number of halogens is 3. The van der Waals surface area contributed by atoms with Crippen molar-refractivity contribution in [3.8, 4) is 0 Å². The molecule has 0 aromatic heterocycles. The maximum absolute atomic E-state index is 11.8. The van der Waals surface area contributed by atoms with Crippen LogP contribution in [0.3, 0.4) is 0 Å². The molecule has 0 radical (unpaired) electrons. The van der Waals surface area contributed by atoms with Crippen molar-refractivity contribution in [3.05, 3.63) is 35.6 Å². The number of allylic oxidation sites excluding steroid dienone is 5. The summed E-state index contributed by atoms with van der Waals surface area (Å²) in [5.41, 5.74) is 1.02. The molecule has 0 atom stereocenters. The van der Waals surface area contributed by atoms with Crippen molar-refractivity contribution in [3.63, 3.8) is 0 Å². The summed E-state index contributed by atoms with van der Waals surface area (Å²) in [4.78, 5) is 0. The Bertz CT molecular complexity index is 285. The minimum Gasteiger partial charge on any atom is -0.406 e. The molecule has 0 aromatic carbocycles. The van der Waals surface area contributed by atoms with Crippen LogP contribution in [0, 0.1) is 0 Å². The van der Waals surface area contributed by atoms with Crippen molar-refractivity contribution in [2.45, 2.75) is 40.0 Å². The number of hydrogen-bond acceptors (Lipinski definition) is 1. The molecule has 0 aliphatic heterocycles. The van der Waals surface area contributed by atoms with Crippen LogP contribution in [0.5, 0.6) is 0 Å². The predicted octanol–water partition coefficient (Wildman–Crippen LogP) is 4.73. The lowest BCUT2D eigenvalue weighted by atomic mass is 10.2. The maximum atomic E-state index is 11.8. The van der Waals surface area contributed by atoms with Crippen molar-refractivity contribution < 1.29 is 17.9 Å². The molecule has 0 amide bonds. The molecule has 0 aromatic rings. The van der Waals surface area contributed by atoms with Crippen LogP contribution in [-0.4, -0.2) is 6.36 Å². The smallest absolute Gasteiger partial charge is 0.406 e. The summed E-state index contributed by atoms with van der Waals surface area (Å²) >= 11 is 0. The van der Waals surface area contributed by atoms with Gasteiger partial charge in [-0.25, -0.2) is 0 Å². The molecular formula is C12H17F3O. The average Bonchev–Trinajstić information content (AvgIpc) is 2.44. The van der Waals surface area contributed by atoms with Gasteiger partial charge in [0.15, 0.2) is 0 Å². The normalized spacial score (nSPS) is 15.4. The standard InChI is InChI=1S/C10H11F3O.C2H6/c1-2-8-4-3-5-9(7-6-8)14-10(11,12)13;1-2/h4-7H,2-3H2,1H3;1-2H3. The number of hydrogen-bond donors (Lipinski definition) is 0. The molecule has 0 heterocycles. The summed E-state index contributed by atoms with van der Waals surface area (Å²) in [6.45, 7) is 5.95. The minimum atomic E-state index is -4.60. The van der Waals surface area contributed by atoms with Gasteiger partial charge in [0.25, 0.3) is 0 Å². The predicted molar refractivity (Wildman–Crippen MR) is 58.7 cm³/mol. The van der Waals surface area contributed by atoms with E-state index in [0.29, 0.717) is 6.42 Å². The van der Waals surface area contributed by atoms with Gasteiger partial charge in [0.1, 0.15) is 5.76 Å². The van der Waals surface area contributed by atoms with E-state index in [-0.39, 0.29) is 5.76 Å². The highest BCUT2D eigenvalue weighted by Crippen LogP contribution is 2.23. The van der Waals surface area contributed by atoms with Crippen molar-refractivity contribution >= 4 is 0 Å². The lowest BCUT2D eigenvalue weighted by Gasteiger charge is -2.08. The van der Waals surface area contributed by atoms with Crippen molar-refractivity contribution in [2.75, 3.05) is 0 Å². The Balaban J connectivity index is 0.00000106. The molecule has 0 unspecified atom stereocenters. The van der Waals surface area contributed by atoms with Gasteiger partial charge in [-0.1, -0.05) is 38.5 Å². The monoisotopic (exact) mass is 234 g/mol. The zero-order valence-corrected chi connectivity index (χ0v) is 9.77. The van der Waals surface area contributed by atoms with Crippen LogP contribution in [0.4, 0.5) is 13.2 Å². The van der Waals surface area contributed by atoms with Crippen LogP contribution < -0.4 is 0 Å². The van der Waals surface area contributed by atoms with E-state index >= 15 is 0 Å². The van der Waals surface area contributed by atoms with Gasteiger partial charge in [-0.05, 0) is 25.0 Å². The van der Waals surface area contributed by atoms with E-state index in [0.717, 1.165) is 12.0 Å². The van der Waals surface area contributed by atoms with Gasteiger partial charge in [0, 0.05) is 0 Å². The molecular weight excluding hydrogens is 217 g/mol. The third kappa shape index (κ3) is 6.32. The number of ether oxygens (including phenoxy) is 1. The largest absolute Gasteiger partial charge is 0.573 e. The van der Waals surface area contributed by atoms with Gasteiger partial charge < -0.3 is 4.74 Å². The van der Waals surface area contributed by atoms with Crippen LogP contribution in [0.15, 0.2) is 35.6 Å². The number of alkyl halides is 3. The lowest BCUT2D eigenvalue weighted by molar-refractivity contribution is -0.303. The summed E-state index contributed by atoms with van der Waals surface area (Å²) < 4.78 is 39.3. The highest BCUT2D eigenvalue weighted by atomic mass is 19.4. The Morgan fingerprint density at radius 3 is 2.31 bits per heavy atom. The third-order valence-corrected chi connectivity index (χ3v) is 1.80. The van der Waals surface area contributed by atoms with Gasteiger partial charge in [-0.15, -0.1) is 13.2 Å². The van der Waals surface area contributed by atoms with E-state index in [4.69, 9.17) is 0 Å². The summed E-state index contributed by atoms with van der Waals surface area (Å²) in [6, 6.07) is 0. The SMILES string of the molecule is CC.CCC1=CCC=C(OC(F)(F)F)C=C1. The first-order valence-corrected chi connectivity index (χ1v) is 5.34.